The Morgan fingerprint density at radius 3 is 3.15 bits per heavy atom. The van der Waals surface area contributed by atoms with Crippen molar-refractivity contribution in [2.45, 2.75) is 12.6 Å². The highest BCUT2D eigenvalue weighted by molar-refractivity contribution is 5.61. The predicted molar refractivity (Wildman–Crippen MR) is 79.3 cm³/mol. The maximum Gasteiger partial charge on any atom is 0.140 e. The van der Waals surface area contributed by atoms with E-state index in [9.17, 15) is 0 Å². The van der Waals surface area contributed by atoms with Crippen LogP contribution >= 0.6 is 0 Å². The van der Waals surface area contributed by atoms with Gasteiger partial charge in [0.15, 0.2) is 0 Å². The fraction of sp³-hybridized carbons (Fsp3) is 0.400. The summed E-state index contributed by atoms with van der Waals surface area (Å²) in [5.74, 6) is 0.939. The predicted octanol–water partition coefficient (Wildman–Crippen LogP) is 1.46. The van der Waals surface area contributed by atoms with Crippen LogP contribution in [0.1, 0.15) is 0 Å². The molecule has 1 aliphatic rings. The van der Waals surface area contributed by atoms with Crippen LogP contribution in [0.15, 0.2) is 36.7 Å². The van der Waals surface area contributed by atoms with E-state index in [1.165, 1.54) is 0 Å². The maximum absolute atomic E-state index is 5.85. The van der Waals surface area contributed by atoms with E-state index in [-0.39, 0.29) is 6.10 Å². The number of hydrogen-bond acceptors (Lipinski definition) is 4. The minimum Gasteiger partial charge on any atom is -0.399 e. The van der Waals surface area contributed by atoms with Gasteiger partial charge in [0, 0.05) is 36.7 Å². The molecule has 1 saturated heterocycles. The third-order valence-corrected chi connectivity index (χ3v) is 3.60. The lowest BCUT2D eigenvalue weighted by molar-refractivity contribution is -0.0272. The minimum atomic E-state index is 0.211. The van der Waals surface area contributed by atoms with E-state index in [2.05, 4.69) is 21.5 Å². The number of aromatic nitrogens is 2. The van der Waals surface area contributed by atoms with Crippen molar-refractivity contribution in [2.75, 3.05) is 32.5 Å². The van der Waals surface area contributed by atoms with Crippen molar-refractivity contribution >= 4 is 5.69 Å². The Morgan fingerprint density at radius 1 is 1.45 bits per heavy atom. The molecule has 3 rings (SSSR count). The van der Waals surface area contributed by atoms with Gasteiger partial charge in [-0.25, -0.2) is 4.98 Å². The van der Waals surface area contributed by atoms with Crippen molar-refractivity contribution in [1.82, 2.24) is 14.5 Å². The number of imidazole rings is 1. The van der Waals surface area contributed by atoms with E-state index in [4.69, 9.17) is 10.5 Å². The van der Waals surface area contributed by atoms with Gasteiger partial charge in [0.05, 0.1) is 19.3 Å². The highest BCUT2D eigenvalue weighted by Crippen LogP contribution is 2.20. The van der Waals surface area contributed by atoms with Crippen LogP contribution in [0.4, 0.5) is 5.69 Å². The van der Waals surface area contributed by atoms with Crippen LogP contribution in [-0.4, -0.2) is 47.3 Å². The molecule has 106 valence electrons. The fourth-order valence-electron chi connectivity index (χ4n) is 2.59. The van der Waals surface area contributed by atoms with Gasteiger partial charge in [-0.2, -0.15) is 0 Å². The zero-order chi connectivity index (χ0) is 13.9. The minimum absolute atomic E-state index is 0.211. The molecule has 2 N–H and O–H groups in total. The van der Waals surface area contributed by atoms with Gasteiger partial charge in [0.1, 0.15) is 5.82 Å². The molecule has 1 aliphatic heterocycles. The van der Waals surface area contributed by atoms with Gasteiger partial charge >= 0.3 is 0 Å². The summed E-state index contributed by atoms with van der Waals surface area (Å²) in [5.41, 5.74) is 7.64. The standard InChI is InChI=1S/C15H20N4O/c1-18-7-8-20-14(10-18)11-19-6-5-17-15(19)12-3-2-4-13(16)9-12/h2-6,9,14H,7-8,10-11,16H2,1H3. The molecule has 5 nitrogen and oxygen atoms in total. The van der Waals surface area contributed by atoms with Gasteiger partial charge in [0.2, 0.25) is 0 Å². The second kappa shape index (κ2) is 5.64. The Kier molecular flexibility index (Phi) is 3.71. The molecular formula is C15H20N4O. The number of hydrogen-bond donors (Lipinski definition) is 1. The molecule has 1 atom stereocenters. The number of nitrogens with two attached hydrogens (primary N) is 1. The Balaban J connectivity index is 1.80. The third kappa shape index (κ3) is 2.84. The quantitative estimate of drug-likeness (QED) is 0.860. The first kappa shape index (κ1) is 13.1. The lowest BCUT2D eigenvalue weighted by Gasteiger charge is -2.30. The van der Waals surface area contributed by atoms with Crippen LogP contribution in [0, 0.1) is 0 Å². The molecule has 0 amide bonds. The van der Waals surface area contributed by atoms with Crippen molar-refractivity contribution in [3.8, 4) is 11.4 Å². The van der Waals surface area contributed by atoms with Gasteiger partial charge in [-0.1, -0.05) is 12.1 Å². The SMILES string of the molecule is CN1CCOC(Cn2ccnc2-c2cccc(N)c2)C1. The summed E-state index contributed by atoms with van der Waals surface area (Å²) in [7, 11) is 2.13. The van der Waals surface area contributed by atoms with Crippen LogP contribution < -0.4 is 5.73 Å². The zero-order valence-corrected chi connectivity index (χ0v) is 11.7. The number of rotatable bonds is 3. The van der Waals surface area contributed by atoms with Crippen molar-refractivity contribution in [2.24, 2.45) is 0 Å². The van der Waals surface area contributed by atoms with E-state index in [0.29, 0.717) is 0 Å². The Hall–Kier alpha value is -1.85. The first-order chi connectivity index (χ1) is 9.72. The zero-order valence-electron chi connectivity index (χ0n) is 11.7. The highest BCUT2D eigenvalue weighted by atomic mass is 16.5. The average molecular weight is 272 g/mol. The normalized spacial score (nSPS) is 20.1. The van der Waals surface area contributed by atoms with Gasteiger partial charge in [-0.3, -0.25) is 0 Å². The van der Waals surface area contributed by atoms with Crippen molar-refractivity contribution in [1.29, 1.82) is 0 Å². The number of nitrogen functional groups attached to an aromatic ring is 1. The lowest BCUT2D eigenvalue weighted by atomic mass is 10.2. The molecule has 5 heteroatoms. The summed E-state index contributed by atoms with van der Waals surface area (Å²) in [4.78, 5) is 6.75. The van der Waals surface area contributed by atoms with Gasteiger partial charge in [-0.05, 0) is 19.2 Å². The fourth-order valence-corrected chi connectivity index (χ4v) is 2.59. The molecule has 1 fully saturated rings. The summed E-state index contributed by atoms with van der Waals surface area (Å²) in [6, 6.07) is 7.82. The number of nitrogens with zero attached hydrogens (tertiary/aromatic N) is 3. The Morgan fingerprint density at radius 2 is 2.35 bits per heavy atom. The molecule has 2 heterocycles. The number of anilines is 1. The van der Waals surface area contributed by atoms with Crippen LogP contribution in [0.2, 0.25) is 0 Å². The largest absolute Gasteiger partial charge is 0.399 e. The van der Waals surface area contributed by atoms with Crippen molar-refractivity contribution in [3.63, 3.8) is 0 Å². The second-order valence-corrected chi connectivity index (χ2v) is 5.28. The summed E-state index contributed by atoms with van der Waals surface area (Å²) < 4.78 is 7.96. The van der Waals surface area contributed by atoms with E-state index in [1.807, 2.05) is 36.7 Å². The van der Waals surface area contributed by atoms with Crippen LogP contribution in [0.5, 0.6) is 0 Å². The summed E-state index contributed by atoms with van der Waals surface area (Å²) in [6.45, 7) is 3.56. The Bertz CT molecular complexity index is 581. The van der Waals surface area contributed by atoms with E-state index in [0.717, 1.165) is 43.3 Å². The van der Waals surface area contributed by atoms with E-state index >= 15 is 0 Å². The molecular weight excluding hydrogens is 252 g/mol. The van der Waals surface area contributed by atoms with E-state index in [1.54, 1.807) is 0 Å². The van der Waals surface area contributed by atoms with Crippen LogP contribution in [0.25, 0.3) is 11.4 Å². The number of likely N-dealkylation sites (N-methyl/N-ethyl adjacent to an activating group) is 1. The molecule has 0 radical (unpaired) electrons. The summed E-state index contributed by atoms with van der Waals surface area (Å²) in [6.07, 6.45) is 4.03. The molecule has 1 aromatic heterocycles. The topological polar surface area (TPSA) is 56.3 Å². The molecule has 0 spiro atoms. The maximum atomic E-state index is 5.85. The molecule has 1 unspecified atom stereocenters. The van der Waals surface area contributed by atoms with E-state index < -0.39 is 0 Å². The summed E-state index contributed by atoms with van der Waals surface area (Å²) in [5, 5.41) is 0. The molecule has 20 heavy (non-hydrogen) atoms. The van der Waals surface area contributed by atoms with Crippen molar-refractivity contribution in [3.05, 3.63) is 36.7 Å². The average Bonchev–Trinajstić information content (AvgIpc) is 2.87. The molecule has 0 saturated carbocycles. The first-order valence-electron chi connectivity index (χ1n) is 6.89. The van der Waals surface area contributed by atoms with Crippen LogP contribution in [0.3, 0.4) is 0 Å². The smallest absolute Gasteiger partial charge is 0.140 e. The monoisotopic (exact) mass is 272 g/mol. The Labute approximate surface area is 119 Å². The van der Waals surface area contributed by atoms with Gasteiger partial charge in [-0.15, -0.1) is 0 Å². The number of morpholine rings is 1. The highest BCUT2D eigenvalue weighted by Gasteiger charge is 2.19. The number of benzene rings is 1. The first-order valence-corrected chi connectivity index (χ1v) is 6.89. The molecule has 2 aromatic rings. The molecule has 1 aromatic carbocycles. The van der Waals surface area contributed by atoms with Gasteiger partial charge < -0.3 is 19.9 Å². The van der Waals surface area contributed by atoms with Crippen molar-refractivity contribution < 1.29 is 4.74 Å². The lowest BCUT2D eigenvalue weighted by Crippen LogP contribution is -2.41. The molecule has 0 bridgehead atoms. The number of ether oxygens (including phenoxy) is 1. The third-order valence-electron chi connectivity index (χ3n) is 3.60. The van der Waals surface area contributed by atoms with Crippen LogP contribution in [-0.2, 0) is 11.3 Å². The summed E-state index contributed by atoms with van der Waals surface area (Å²) >= 11 is 0. The molecule has 0 aliphatic carbocycles. The van der Waals surface area contributed by atoms with Gasteiger partial charge in [0.25, 0.3) is 0 Å². The second-order valence-electron chi connectivity index (χ2n) is 5.28.